The number of rotatable bonds is 14. The van der Waals surface area contributed by atoms with E-state index in [0.717, 1.165) is 29.2 Å². The molecule has 2 fully saturated rings. The van der Waals surface area contributed by atoms with E-state index in [0.29, 0.717) is 65.6 Å². The number of aliphatic carboxylic acids is 1. The Balaban J connectivity index is 1.12. The number of halogens is 5. The molecule has 2 atom stereocenters. The Kier molecular flexibility index (Phi) is 11.1. The second kappa shape index (κ2) is 15.9. The quantitative estimate of drug-likeness (QED) is 0.0988. The van der Waals surface area contributed by atoms with Crippen LogP contribution in [0.2, 0.25) is 5.02 Å². The minimum absolute atomic E-state index is 0.0484. The standard InChI is InChI=1S/C40H40ClF4N5O6/c1-54-35-21(18-46-20-24-10-14-33(51)48-24)9-12-31(49-35)29-8-4-7-28(34(29)41)25-5-3-6-27-26(25)11-13-32(27)56-37-30(40(43,44)45)15-22(36(50-37)55-2)19-47-39(38(52)53)16-23(42)17-39/h3-9,12,15,23-24,32,46-47H,10-11,13-14,16-20H2,1-2H3,(H,48,51)(H,52,53)/t23?,24-,32-,39?/m0/s1. The fourth-order valence-corrected chi connectivity index (χ4v) is 8.00. The zero-order chi connectivity index (χ0) is 39.8. The highest BCUT2D eigenvalue weighted by Crippen LogP contribution is 2.46. The summed E-state index contributed by atoms with van der Waals surface area (Å²) in [5.74, 6) is -1.66. The number of alkyl halides is 4. The molecule has 0 spiro atoms. The predicted octanol–water partition coefficient (Wildman–Crippen LogP) is 6.98. The first kappa shape index (κ1) is 39.3. The Bertz CT molecular complexity index is 2150. The molecule has 0 bridgehead atoms. The van der Waals surface area contributed by atoms with Gasteiger partial charge in [0, 0.05) is 67.2 Å². The molecule has 1 saturated heterocycles. The van der Waals surface area contributed by atoms with Gasteiger partial charge >= 0.3 is 12.1 Å². The van der Waals surface area contributed by atoms with Crippen LogP contribution in [0.1, 0.15) is 66.0 Å². The van der Waals surface area contributed by atoms with E-state index in [-0.39, 0.29) is 42.8 Å². The van der Waals surface area contributed by atoms with Crippen LogP contribution in [0, 0.1) is 0 Å². The zero-order valence-electron chi connectivity index (χ0n) is 30.6. The van der Waals surface area contributed by atoms with Crippen molar-refractivity contribution in [3.63, 3.8) is 0 Å². The van der Waals surface area contributed by atoms with Crippen molar-refractivity contribution < 1.29 is 46.5 Å². The summed E-state index contributed by atoms with van der Waals surface area (Å²) in [5.41, 5.74) is 2.37. The molecule has 4 aromatic rings. The van der Waals surface area contributed by atoms with Gasteiger partial charge in [-0.05, 0) is 48.1 Å². The summed E-state index contributed by atoms with van der Waals surface area (Å²) in [6.45, 7) is 0.760. The fourth-order valence-electron chi connectivity index (χ4n) is 7.68. The normalized spacial score (nSPS) is 21.6. The Morgan fingerprint density at radius 1 is 0.946 bits per heavy atom. The van der Waals surface area contributed by atoms with E-state index in [9.17, 15) is 32.3 Å². The maximum atomic E-state index is 14.5. The second-order valence-electron chi connectivity index (χ2n) is 14.2. The minimum Gasteiger partial charge on any atom is -0.481 e. The fraction of sp³-hybridized carbons (Fsp3) is 0.400. The molecule has 1 amide bonds. The van der Waals surface area contributed by atoms with Crippen molar-refractivity contribution in [1.29, 1.82) is 0 Å². The predicted molar refractivity (Wildman–Crippen MR) is 198 cm³/mol. The molecule has 1 saturated carbocycles. The van der Waals surface area contributed by atoms with Gasteiger partial charge in [-0.15, -0.1) is 0 Å². The minimum atomic E-state index is -4.87. The number of nitrogens with one attached hydrogen (secondary N) is 3. The van der Waals surface area contributed by atoms with Crippen molar-refractivity contribution in [2.24, 2.45) is 0 Å². The number of pyridine rings is 2. The summed E-state index contributed by atoms with van der Waals surface area (Å²) in [5, 5.41) is 19.1. The SMILES string of the molecule is COc1nc(-c2cccc(-c3cccc4c3CC[C@@H]4Oc3nc(OC)c(CNC4(C(=O)O)CC(F)C4)cc3C(F)(F)F)c2Cl)ccc1CNC[C@@H]1CCC(=O)N1. The van der Waals surface area contributed by atoms with Crippen LogP contribution in [-0.2, 0) is 35.3 Å². The molecular weight excluding hydrogens is 758 g/mol. The topological polar surface area (TPSA) is 144 Å². The maximum Gasteiger partial charge on any atom is 0.421 e. The van der Waals surface area contributed by atoms with Gasteiger partial charge in [-0.2, -0.15) is 18.2 Å². The highest BCUT2D eigenvalue weighted by molar-refractivity contribution is 6.36. The lowest BCUT2D eigenvalue weighted by molar-refractivity contribution is -0.152. The van der Waals surface area contributed by atoms with E-state index in [2.05, 4.69) is 20.9 Å². The molecular formula is C40H40ClF4N5O6. The number of nitrogens with zero attached hydrogens (tertiary/aromatic N) is 2. The molecule has 11 nitrogen and oxygen atoms in total. The number of aromatic nitrogens is 2. The van der Waals surface area contributed by atoms with Gasteiger partial charge in [-0.3, -0.25) is 14.9 Å². The van der Waals surface area contributed by atoms with E-state index in [1.54, 1.807) is 19.2 Å². The van der Waals surface area contributed by atoms with Crippen LogP contribution in [0.4, 0.5) is 17.6 Å². The number of carboxylic acid groups (broad SMARTS) is 1. The van der Waals surface area contributed by atoms with Gasteiger partial charge in [-0.25, -0.2) is 9.37 Å². The maximum absolute atomic E-state index is 14.5. The van der Waals surface area contributed by atoms with E-state index in [1.807, 2.05) is 36.4 Å². The molecule has 3 aliphatic rings. The van der Waals surface area contributed by atoms with Gasteiger partial charge in [0.1, 0.15) is 23.4 Å². The van der Waals surface area contributed by atoms with E-state index < -0.39 is 41.4 Å². The Morgan fingerprint density at radius 2 is 1.66 bits per heavy atom. The third-order valence-corrected chi connectivity index (χ3v) is 11.1. The Morgan fingerprint density at radius 3 is 2.34 bits per heavy atom. The number of methoxy groups -OCH3 is 2. The van der Waals surface area contributed by atoms with Crippen molar-refractivity contribution in [3.8, 4) is 40.0 Å². The summed E-state index contributed by atoms with van der Waals surface area (Å²) in [7, 11) is 2.78. The highest BCUT2D eigenvalue weighted by Gasteiger charge is 2.51. The van der Waals surface area contributed by atoms with Gasteiger partial charge in [0.2, 0.25) is 23.5 Å². The van der Waals surface area contributed by atoms with Gasteiger partial charge in [-0.1, -0.05) is 54.1 Å². The summed E-state index contributed by atoms with van der Waals surface area (Å²) < 4.78 is 74.1. The number of amides is 1. The molecule has 2 aromatic heterocycles. The summed E-state index contributed by atoms with van der Waals surface area (Å²) >= 11 is 7.10. The monoisotopic (exact) mass is 797 g/mol. The van der Waals surface area contributed by atoms with E-state index >= 15 is 0 Å². The molecule has 0 radical (unpaired) electrons. The highest BCUT2D eigenvalue weighted by atomic mass is 35.5. The summed E-state index contributed by atoms with van der Waals surface area (Å²) in [6, 6.07) is 15.8. The van der Waals surface area contributed by atoms with E-state index in [1.165, 1.54) is 7.11 Å². The van der Waals surface area contributed by atoms with Crippen molar-refractivity contribution >= 4 is 23.5 Å². The first-order chi connectivity index (χ1) is 26.8. The zero-order valence-corrected chi connectivity index (χ0v) is 31.3. The van der Waals surface area contributed by atoms with Crippen LogP contribution in [0.25, 0.3) is 22.4 Å². The lowest BCUT2D eigenvalue weighted by atomic mass is 9.75. The van der Waals surface area contributed by atoms with Crippen molar-refractivity contribution in [1.82, 2.24) is 25.9 Å². The number of carbonyl (C=O) groups excluding carboxylic acids is 1. The number of fused-ring (bicyclic) bond motifs is 1. The van der Waals surface area contributed by atoms with Crippen molar-refractivity contribution in [2.45, 2.75) is 81.6 Å². The second-order valence-corrected chi connectivity index (χ2v) is 14.6. The number of hydrogen-bond acceptors (Lipinski definition) is 9. The third kappa shape index (κ3) is 7.84. The molecule has 3 heterocycles. The average Bonchev–Trinajstić information content (AvgIpc) is 3.78. The lowest BCUT2D eigenvalue weighted by Gasteiger charge is -2.41. The molecule has 4 N–H and O–H groups in total. The number of carboxylic acids is 1. The average molecular weight is 798 g/mol. The first-order valence-electron chi connectivity index (χ1n) is 18.2. The lowest BCUT2D eigenvalue weighted by Crippen LogP contribution is -2.61. The van der Waals surface area contributed by atoms with Crippen molar-refractivity contribution in [2.75, 3.05) is 20.8 Å². The van der Waals surface area contributed by atoms with Gasteiger partial charge < -0.3 is 30.0 Å². The summed E-state index contributed by atoms with van der Waals surface area (Å²) in [6.07, 6.45) is -5.40. The number of ether oxygens (including phenoxy) is 3. The van der Waals surface area contributed by atoms with Crippen LogP contribution in [-0.4, -0.2) is 65.5 Å². The van der Waals surface area contributed by atoms with Gasteiger partial charge in [0.25, 0.3) is 0 Å². The smallest absolute Gasteiger partial charge is 0.421 e. The Labute approximate surface area is 325 Å². The van der Waals surface area contributed by atoms with Gasteiger partial charge in [0.15, 0.2) is 0 Å². The molecule has 1 aliphatic heterocycles. The number of benzene rings is 2. The number of hydrogen-bond donors (Lipinski definition) is 4. The molecule has 56 heavy (non-hydrogen) atoms. The van der Waals surface area contributed by atoms with Crippen LogP contribution in [0.5, 0.6) is 17.6 Å². The largest absolute Gasteiger partial charge is 0.481 e. The van der Waals surface area contributed by atoms with Crippen LogP contribution >= 0.6 is 11.6 Å². The number of carbonyl (C=O) groups is 2. The molecule has 7 rings (SSSR count). The van der Waals surface area contributed by atoms with Gasteiger partial charge in [0.05, 0.1) is 24.9 Å². The van der Waals surface area contributed by atoms with Crippen LogP contribution < -0.4 is 30.2 Å². The molecule has 0 unspecified atom stereocenters. The third-order valence-electron chi connectivity index (χ3n) is 10.7. The van der Waals surface area contributed by atoms with Crippen molar-refractivity contribution in [3.05, 3.63) is 87.4 Å². The molecule has 2 aromatic carbocycles. The Hall–Kier alpha value is -4.99. The molecule has 296 valence electrons. The first-order valence-corrected chi connectivity index (χ1v) is 18.6. The van der Waals surface area contributed by atoms with Crippen LogP contribution in [0.3, 0.4) is 0 Å². The van der Waals surface area contributed by atoms with E-state index in [4.69, 9.17) is 30.8 Å². The molecule has 16 heteroatoms. The van der Waals surface area contributed by atoms with Crippen LogP contribution in [0.15, 0.2) is 54.6 Å². The molecule has 2 aliphatic carbocycles. The summed E-state index contributed by atoms with van der Waals surface area (Å²) in [4.78, 5) is 32.2.